The molecule has 3 aromatic rings. The standard InChI is InChI=1S/C24H27N5O2/c1-2-22(18-6-4-3-5-7-18)24(30)27-20-10-8-19(9-11-20)26-23-16-21(17-25-28-23)29-12-14-31-15-13-29/h3-11,16-17,22H,2,12-15H2,1H3,(H,26,28)(H,27,30). The summed E-state index contributed by atoms with van der Waals surface area (Å²) in [6.07, 6.45) is 2.51. The first-order valence-corrected chi connectivity index (χ1v) is 10.6. The van der Waals surface area contributed by atoms with Crippen molar-refractivity contribution in [3.05, 3.63) is 72.4 Å². The van der Waals surface area contributed by atoms with Gasteiger partial charge in [0.1, 0.15) is 0 Å². The van der Waals surface area contributed by atoms with Crippen LogP contribution in [0.1, 0.15) is 24.8 Å². The molecule has 0 radical (unpaired) electrons. The highest BCUT2D eigenvalue weighted by Crippen LogP contribution is 2.24. The molecule has 1 fully saturated rings. The van der Waals surface area contributed by atoms with Crippen LogP contribution in [0.2, 0.25) is 0 Å². The lowest BCUT2D eigenvalue weighted by molar-refractivity contribution is -0.117. The number of morpholine rings is 1. The van der Waals surface area contributed by atoms with E-state index in [2.05, 4.69) is 25.7 Å². The first-order chi connectivity index (χ1) is 15.2. The van der Waals surface area contributed by atoms with Gasteiger partial charge in [0.05, 0.1) is 31.0 Å². The Labute approximate surface area is 182 Å². The van der Waals surface area contributed by atoms with Crippen molar-refractivity contribution in [2.24, 2.45) is 0 Å². The summed E-state index contributed by atoms with van der Waals surface area (Å²) in [5, 5.41) is 14.6. The van der Waals surface area contributed by atoms with Crippen molar-refractivity contribution < 1.29 is 9.53 Å². The van der Waals surface area contributed by atoms with Gasteiger partial charge < -0.3 is 20.3 Å². The van der Waals surface area contributed by atoms with Gasteiger partial charge in [-0.1, -0.05) is 37.3 Å². The fourth-order valence-electron chi connectivity index (χ4n) is 3.68. The molecule has 1 aromatic heterocycles. The second-order valence-electron chi connectivity index (χ2n) is 7.46. The third kappa shape index (κ3) is 5.38. The van der Waals surface area contributed by atoms with Gasteiger partial charge in [0.15, 0.2) is 5.82 Å². The van der Waals surface area contributed by atoms with Crippen LogP contribution in [0.5, 0.6) is 0 Å². The minimum absolute atomic E-state index is 0.00140. The highest BCUT2D eigenvalue weighted by Gasteiger charge is 2.18. The molecule has 1 aliphatic heterocycles. The van der Waals surface area contributed by atoms with E-state index in [1.165, 1.54) is 0 Å². The van der Waals surface area contributed by atoms with Gasteiger partial charge >= 0.3 is 0 Å². The third-order valence-electron chi connectivity index (χ3n) is 5.37. The maximum Gasteiger partial charge on any atom is 0.231 e. The van der Waals surface area contributed by atoms with E-state index in [1.54, 1.807) is 6.20 Å². The SMILES string of the molecule is CCC(C(=O)Nc1ccc(Nc2cc(N3CCOCC3)cnn2)cc1)c1ccccc1. The van der Waals surface area contributed by atoms with E-state index >= 15 is 0 Å². The van der Waals surface area contributed by atoms with Crippen molar-refractivity contribution in [3.8, 4) is 0 Å². The molecule has 0 saturated carbocycles. The number of aromatic nitrogens is 2. The summed E-state index contributed by atoms with van der Waals surface area (Å²) in [7, 11) is 0. The lowest BCUT2D eigenvalue weighted by Crippen LogP contribution is -2.36. The molecule has 2 N–H and O–H groups in total. The Morgan fingerprint density at radius 2 is 1.77 bits per heavy atom. The van der Waals surface area contributed by atoms with Crippen LogP contribution in [0.15, 0.2) is 66.9 Å². The molecule has 1 aliphatic rings. The molecule has 0 aliphatic carbocycles. The van der Waals surface area contributed by atoms with E-state index in [-0.39, 0.29) is 11.8 Å². The van der Waals surface area contributed by atoms with Gasteiger partial charge in [-0.3, -0.25) is 4.79 Å². The van der Waals surface area contributed by atoms with Crippen LogP contribution in [0.4, 0.5) is 22.9 Å². The van der Waals surface area contributed by atoms with Crippen molar-refractivity contribution in [2.45, 2.75) is 19.3 Å². The molecule has 0 spiro atoms. The summed E-state index contributed by atoms with van der Waals surface area (Å²) in [5.74, 6) is 0.506. The van der Waals surface area contributed by atoms with Crippen molar-refractivity contribution in [1.82, 2.24) is 10.2 Å². The lowest BCUT2D eigenvalue weighted by Gasteiger charge is -2.28. The number of ether oxygens (including phenoxy) is 1. The first kappa shape index (κ1) is 20.8. The minimum Gasteiger partial charge on any atom is -0.378 e. The summed E-state index contributed by atoms with van der Waals surface area (Å²) >= 11 is 0. The fourth-order valence-corrected chi connectivity index (χ4v) is 3.68. The highest BCUT2D eigenvalue weighted by atomic mass is 16.5. The smallest absolute Gasteiger partial charge is 0.231 e. The maximum atomic E-state index is 12.7. The van der Waals surface area contributed by atoms with E-state index in [9.17, 15) is 4.79 Å². The van der Waals surface area contributed by atoms with Crippen molar-refractivity contribution >= 4 is 28.8 Å². The summed E-state index contributed by atoms with van der Waals surface area (Å²) in [6.45, 7) is 5.17. The molecule has 1 unspecified atom stereocenters. The van der Waals surface area contributed by atoms with Gasteiger partial charge in [-0.25, -0.2) is 0 Å². The van der Waals surface area contributed by atoms with Crippen molar-refractivity contribution in [2.75, 3.05) is 41.8 Å². The number of benzene rings is 2. The molecule has 2 heterocycles. The number of hydrogen-bond acceptors (Lipinski definition) is 6. The van der Waals surface area contributed by atoms with Crippen LogP contribution in [0.25, 0.3) is 0 Å². The van der Waals surface area contributed by atoms with Crippen LogP contribution in [-0.2, 0) is 9.53 Å². The van der Waals surface area contributed by atoms with Crippen molar-refractivity contribution in [3.63, 3.8) is 0 Å². The topological polar surface area (TPSA) is 79.4 Å². The first-order valence-electron chi connectivity index (χ1n) is 10.6. The van der Waals surface area contributed by atoms with Gasteiger partial charge in [0.2, 0.25) is 5.91 Å². The maximum absolute atomic E-state index is 12.7. The Morgan fingerprint density at radius 1 is 1.06 bits per heavy atom. The van der Waals surface area contributed by atoms with Gasteiger partial charge in [0.25, 0.3) is 0 Å². The normalized spacial score (nSPS) is 14.7. The highest BCUT2D eigenvalue weighted by molar-refractivity contribution is 5.96. The zero-order valence-corrected chi connectivity index (χ0v) is 17.6. The van der Waals surface area contributed by atoms with Crippen LogP contribution >= 0.6 is 0 Å². The third-order valence-corrected chi connectivity index (χ3v) is 5.37. The number of carbonyl (C=O) groups is 1. The lowest BCUT2D eigenvalue weighted by atomic mass is 9.95. The largest absolute Gasteiger partial charge is 0.378 e. The molecule has 4 rings (SSSR count). The monoisotopic (exact) mass is 417 g/mol. The Kier molecular flexibility index (Phi) is 6.74. The number of amides is 1. The van der Waals surface area contributed by atoms with E-state index in [1.807, 2.05) is 67.6 Å². The molecule has 0 bridgehead atoms. The predicted octanol–water partition coefficient (Wildman–Crippen LogP) is 4.19. The van der Waals surface area contributed by atoms with Gasteiger partial charge in [-0.2, -0.15) is 5.10 Å². The Hall–Kier alpha value is -3.45. The Balaban J connectivity index is 1.39. The summed E-state index contributed by atoms with van der Waals surface area (Å²) in [5.41, 5.74) is 3.69. The number of anilines is 4. The van der Waals surface area contributed by atoms with Gasteiger partial charge in [-0.05, 0) is 36.2 Å². The molecule has 1 atom stereocenters. The molecule has 1 amide bonds. The van der Waals surface area contributed by atoms with Crippen LogP contribution in [-0.4, -0.2) is 42.4 Å². The van der Waals surface area contributed by atoms with Crippen LogP contribution in [0.3, 0.4) is 0 Å². The molecule has 31 heavy (non-hydrogen) atoms. The molecule has 2 aromatic carbocycles. The number of nitrogens with one attached hydrogen (secondary N) is 2. The number of rotatable bonds is 7. The van der Waals surface area contributed by atoms with E-state index in [0.29, 0.717) is 5.82 Å². The van der Waals surface area contributed by atoms with Gasteiger partial charge in [0, 0.05) is 30.5 Å². The van der Waals surface area contributed by atoms with E-state index < -0.39 is 0 Å². The number of nitrogens with zero attached hydrogens (tertiary/aromatic N) is 3. The summed E-state index contributed by atoms with van der Waals surface area (Å²) in [6, 6.07) is 19.5. The molecule has 1 saturated heterocycles. The molecule has 7 nitrogen and oxygen atoms in total. The van der Waals surface area contributed by atoms with Crippen LogP contribution in [0, 0.1) is 0 Å². The second-order valence-corrected chi connectivity index (χ2v) is 7.46. The second kappa shape index (κ2) is 10.0. The molecular formula is C24H27N5O2. The van der Waals surface area contributed by atoms with Crippen molar-refractivity contribution in [1.29, 1.82) is 0 Å². The average molecular weight is 418 g/mol. The number of carbonyl (C=O) groups excluding carboxylic acids is 1. The van der Waals surface area contributed by atoms with E-state index in [0.717, 1.165) is 55.3 Å². The summed E-state index contributed by atoms with van der Waals surface area (Å²) in [4.78, 5) is 15.0. The minimum atomic E-state index is -0.169. The molecular weight excluding hydrogens is 390 g/mol. The Bertz CT molecular complexity index is 988. The average Bonchev–Trinajstić information content (AvgIpc) is 2.82. The summed E-state index contributed by atoms with van der Waals surface area (Å²) < 4.78 is 5.41. The molecule has 7 heteroatoms. The zero-order valence-electron chi connectivity index (χ0n) is 17.6. The number of hydrogen-bond donors (Lipinski definition) is 2. The fraction of sp³-hybridized carbons (Fsp3) is 0.292. The zero-order chi connectivity index (χ0) is 21.5. The predicted molar refractivity (Wildman–Crippen MR) is 123 cm³/mol. The van der Waals surface area contributed by atoms with Crippen LogP contribution < -0.4 is 15.5 Å². The molecule has 160 valence electrons. The quantitative estimate of drug-likeness (QED) is 0.600. The van der Waals surface area contributed by atoms with E-state index in [4.69, 9.17) is 4.74 Å². The van der Waals surface area contributed by atoms with Gasteiger partial charge in [-0.15, -0.1) is 5.10 Å². The Morgan fingerprint density at radius 3 is 2.48 bits per heavy atom.